The number of aryl methyl sites for hydroxylation is 8. The van der Waals surface area contributed by atoms with E-state index in [-0.39, 0.29) is 10.8 Å². The van der Waals surface area contributed by atoms with E-state index >= 15 is 0 Å². The Morgan fingerprint density at radius 2 is 0.511 bits per heavy atom. The molecule has 0 spiro atoms. The van der Waals surface area contributed by atoms with Crippen molar-refractivity contribution >= 4 is 0 Å². The van der Waals surface area contributed by atoms with E-state index in [2.05, 4.69) is 118 Å². The first kappa shape index (κ1) is 34.0. The van der Waals surface area contributed by atoms with Gasteiger partial charge in [0.1, 0.15) is 23.0 Å². The lowest BCUT2D eigenvalue weighted by molar-refractivity contribution is 0.382. The van der Waals surface area contributed by atoms with Crippen LogP contribution in [0.25, 0.3) is 0 Å². The van der Waals surface area contributed by atoms with Crippen LogP contribution >= 0.6 is 0 Å². The SMILES string of the molecule is COc1c(C)cc(C(C)(CC(C)(c2cc(C)c(OC)c(C)c2)c2cc(C)c(OC)c(C)c2)c2cc(C)c(OC)c(C)c2)cc1C. The van der Waals surface area contributed by atoms with Crippen LogP contribution in [0.15, 0.2) is 48.5 Å². The number of hydrogen-bond donors (Lipinski definition) is 0. The van der Waals surface area contributed by atoms with Gasteiger partial charge in [-0.3, -0.25) is 0 Å². The average Bonchev–Trinajstić information content (AvgIpc) is 2.96. The van der Waals surface area contributed by atoms with Crippen LogP contribution in [0.4, 0.5) is 0 Å². The number of ether oxygens (including phenoxy) is 4. The van der Waals surface area contributed by atoms with Crippen molar-refractivity contribution in [3.05, 3.63) is 115 Å². The fourth-order valence-corrected chi connectivity index (χ4v) is 7.81. The molecule has 0 unspecified atom stereocenters. The minimum absolute atomic E-state index is 0.387. The predicted octanol–water partition coefficient (Wildman–Crippen LogP) is 9.89. The molecule has 0 fully saturated rings. The summed E-state index contributed by atoms with van der Waals surface area (Å²) in [6.45, 7) is 22.0. The fraction of sp³-hybridized carbons (Fsp3) is 0.415. The van der Waals surface area contributed by atoms with Gasteiger partial charge in [-0.15, -0.1) is 0 Å². The van der Waals surface area contributed by atoms with Crippen LogP contribution in [-0.4, -0.2) is 28.4 Å². The van der Waals surface area contributed by atoms with Crippen molar-refractivity contribution in [1.29, 1.82) is 0 Å². The summed E-state index contributed by atoms with van der Waals surface area (Å²) >= 11 is 0. The third-order valence-corrected chi connectivity index (χ3v) is 9.91. The van der Waals surface area contributed by atoms with Gasteiger partial charge in [0.15, 0.2) is 0 Å². The Morgan fingerprint density at radius 1 is 0.356 bits per heavy atom. The van der Waals surface area contributed by atoms with Crippen molar-refractivity contribution in [2.45, 2.75) is 86.5 Å². The zero-order valence-corrected chi connectivity index (χ0v) is 30.0. The third kappa shape index (κ3) is 6.04. The third-order valence-electron chi connectivity index (χ3n) is 9.91. The summed E-state index contributed by atoms with van der Waals surface area (Å²) in [4.78, 5) is 0. The standard InChI is InChI=1S/C41H52O4/c1-24-15-32(16-25(2)36(24)42-11)40(9,33-17-26(3)37(43-12)27(4)18-33)23-41(10,34-19-28(5)38(44-13)29(6)20-34)35-21-30(7)39(45-14)31(8)22-35/h15-22H,23H2,1-14H3. The molecule has 4 rings (SSSR count). The average molecular weight is 609 g/mol. The maximum atomic E-state index is 5.81. The number of hydrogen-bond acceptors (Lipinski definition) is 4. The number of benzene rings is 4. The predicted molar refractivity (Wildman–Crippen MR) is 187 cm³/mol. The first-order valence-electron chi connectivity index (χ1n) is 15.8. The van der Waals surface area contributed by atoms with Crippen molar-refractivity contribution in [2.75, 3.05) is 28.4 Å². The maximum Gasteiger partial charge on any atom is 0.124 e. The normalized spacial score (nSPS) is 11.9. The summed E-state index contributed by atoms with van der Waals surface area (Å²) in [5.74, 6) is 3.75. The van der Waals surface area contributed by atoms with E-state index in [0.29, 0.717) is 0 Å². The summed E-state index contributed by atoms with van der Waals surface area (Å²) in [6, 6.07) is 18.5. The molecule has 0 aliphatic heterocycles. The topological polar surface area (TPSA) is 36.9 Å². The second kappa shape index (κ2) is 12.8. The minimum atomic E-state index is -0.387. The summed E-state index contributed by atoms with van der Waals surface area (Å²) < 4.78 is 23.3. The number of methoxy groups -OCH3 is 4. The Hall–Kier alpha value is -3.92. The molecule has 4 nitrogen and oxygen atoms in total. The molecule has 4 aromatic carbocycles. The Labute approximate surface area is 271 Å². The van der Waals surface area contributed by atoms with Crippen LogP contribution in [0.5, 0.6) is 23.0 Å². The van der Waals surface area contributed by atoms with Gasteiger partial charge in [0.05, 0.1) is 28.4 Å². The van der Waals surface area contributed by atoms with Crippen molar-refractivity contribution in [1.82, 2.24) is 0 Å². The van der Waals surface area contributed by atoms with Crippen molar-refractivity contribution in [3.8, 4) is 23.0 Å². The Kier molecular flexibility index (Phi) is 9.68. The van der Waals surface area contributed by atoms with E-state index in [1.54, 1.807) is 28.4 Å². The molecule has 0 aliphatic rings. The molecule has 0 saturated carbocycles. The molecule has 240 valence electrons. The first-order valence-corrected chi connectivity index (χ1v) is 15.8. The molecule has 0 aromatic heterocycles. The summed E-state index contributed by atoms with van der Waals surface area (Å²) in [7, 11) is 7.02. The Bertz CT molecular complexity index is 1390. The highest BCUT2D eigenvalue weighted by atomic mass is 16.5. The molecule has 0 bridgehead atoms. The molecule has 0 N–H and O–H groups in total. The molecule has 4 heteroatoms. The number of rotatable bonds is 10. The minimum Gasteiger partial charge on any atom is -0.496 e. The Balaban J connectivity index is 2.12. The largest absolute Gasteiger partial charge is 0.496 e. The van der Waals surface area contributed by atoms with Gasteiger partial charge in [0.25, 0.3) is 0 Å². The highest BCUT2D eigenvalue weighted by Gasteiger charge is 2.42. The van der Waals surface area contributed by atoms with Crippen molar-refractivity contribution in [3.63, 3.8) is 0 Å². The quantitative estimate of drug-likeness (QED) is 0.180. The van der Waals surface area contributed by atoms with Crippen LogP contribution < -0.4 is 18.9 Å². The molecule has 4 aromatic rings. The van der Waals surface area contributed by atoms with E-state index in [1.165, 1.54) is 22.3 Å². The van der Waals surface area contributed by atoms with E-state index in [9.17, 15) is 0 Å². The first-order chi connectivity index (χ1) is 21.1. The second-order valence-corrected chi connectivity index (χ2v) is 13.4. The zero-order chi connectivity index (χ0) is 33.4. The molecule has 0 saturated heterocycles. The summed E-state index contributed by atoms with van der Waals surface area (Å²) in [5.41, 5.74) is 13.3. The monoisotopic (exact) mass is 608 g/mol. The van der Waals surface area contributed by atoms with E-state index < -0.39 is 0 Å². The van der Waals surface area contributed by atoms with E-state index in [1.807, 2.05) is 0 Å². The van der Waals surface area contributed by atoms with Gasteiger partial charge in [0.2, 0.25) is 0 Å². The highest BCUT2D eigenvalue weighted by molar-refractivity contribution is 5.57. The molecule has 0 atom stereocenters. The molecule has 45 heavy (non-hydrogen) atoms. The second-order valence-electron chi connectivity index (χ2n) is 13.4. The highest BCUT2D eigenvalue weighted by Crippen LogP contribution is 2.50. The molecule has 0 amide bonds. The van der Waals surface area contributed by atoms with Crippen LogP contribution in [-0.2, 0) is 10.8 Å². The molecule has 0 aliphatic carbocycles. The van der Waals surface area contributed by atoms with E-state index in [4.69, 9.17) is 18.9 Å². The van der Waals surface area contributed by atoms with Gasteiger partial charge in [-0.05, 0) is 129 Å². The van der Waals surface area contributed by atoms with Gasteiger partial charge < -0.3 is 18.9 Å². The van der Waals surface area contributed by atoms with Crippen LogP contribution in [0.2, 0.25) is 0 Å². The maximum absolute atomic E-state index is 5.81. The van der Waals surface area contributed by atoms with E-state index in [0.717, 1.165) is 73.9 Å². The molecule has 0 radical (unpaired) electrons. The lowest BCUT2D eigenvalue weighted by Gasteiger charge is -2.43. The van der Waals surface area contributed by atoms with Crippen LogP contribution in [0, 0.1) is 55.4 Å². The van der Waals surface area contributed by atoms with Crippen LogP contribution in [0.3, 0.4) is 0 Å². The molecular formula is C41H52O4. The molecular weight excluding hydrogens is 556 g/mol. The summed E-state index contributed by atoms with van der Waals surface area (Å²) in [6.07, 6.45) is 0.812. The van der Waals surface area contributed by atoms with Gasteiger partial charge in [-0.25, -0.2) is 0 Å². The van der Waals surface area contributed by atoms with Crippen molar-refractivity contribution in [2.24, 2.45) is 0 Å². The lowest BCUT2D eigenvalue weighted by atomic mass is 9.60. The van der Waals surface area contributed by atoms with Gasteiger partial charge in [0, 0.05) is 10.8 Å². The smallest absolute Gasteiger partial charge is 0.124 e. The summed E-state index contributed by atoms with van der Waals surface area (Å²) in [5, 5.41) is 0. The zero-order valence-electron chi connectivity index (χ0n) is 30.0. The van der Waals surface area contributed by atoms with Gasteiger partial charge in [-0.2, -0.15) is 0 Å². The fourth-order valence-electron chi connectivity index (χ4n) is 7.81. The van der Waals surface area contributed by atoms with Crippen molar-refractivity contribution < 1.29 is 18.9 Å². The molecule has 0 heterocycles. The Morgan fingerprint density at radius 3 is 0.644 bits per heavy atom. The van der Waals surface area contributed by atoms with Gasteiger partial charge in [-0.1, -0.05) is 62.4 Å². The lowest BCUT2D eigenvalue weighted by Crippen LogP contribution is -2.36. The van der Waals surface area contributed by atoms with Gasteiger partial charge >= 0.3 is 0 Å². The van der Waals surface area contributed by atoms with Crippen LogP contribution in [0.1, 0.15) is 87.0 Å².